The molecule has 0 radical (unpaired) electrons. The highest BCUT2D eigenvalue weighted by Crippen LogP contribution is 2.28. The van der Waals surface area contributed by atoms with E-state index in [-0.39, 0.29) is 0 Å². The average Bonchev–Trinajstić information content (AvgIpc) is 2.46. The zero-order valence-electron chi connectivity index (χ0n) is 7.14. The van der Waals surface area contributed by atoms with Gasteiger partial charge < -0.3 is 4.52 Å². The van der Waals surface area contributed by atoms with E-state index in [2.05, 4.69) is 12.1 Å². The molecule has 0 spiro atoms. The van der Waals surface area contributed by atoms with E-state index in [1.807, 2.05) is 0 Å². The van der Waals surface area contributed by atoms with Crippen molar-refractivity contribution < 1.29 is 4.52 Å². The first-order valence-electron chi connectivity index (χ1n) is 4.33. The summed E-state index contributed by atoms with van der Waals surface area (Å²) >= 11 is 5.73. The first-order valence-corrected chi connectivity index (χ1v) is 4.87. The van der Waals surface area contributed by atoms with E-state index in [9.17, 15) is 0 Å². The van der Waals surface area contributed by atoms with Gasteiger partial charge in [-0.1, -0.05) is 12.1 Å². The van der Waals surface area contributed by atoms with Gasteiger partial charge in [-0.2, -0.15) is 0 Å². The van der Waals surface area contributed by atoms with Crippen molar-refractivity contribution in [1.29, 1.82) is 0 Å². The van der Waals surface area contributed by atoms with Crippen molar-refractivity contribution in [2.75, 3.05) is 0 Å². The molecule has 1 aliphatic carbocycles. The van der Waals surface area contributed by atoms with Crippen LogP contribution in [0.5, 0.6) is 0 Å². The molecule has 0 bridgehead atoms. The molecule has 2 nitrogen and oxygen atoms in total. The fourth-order valence-corrected chi connectivity index (χ4v) is 1.95. The summed E-state index contributed by atoms with van der Waals surface area (Å²) in [6.45, 7) is 2.26. The summed E-state index contributed by atoms with van der Waals surface area (Å²) in [4.78, 5) is 0. The summed E-state index contributed by atoms with van der Waals surface area (Å²) in [5.74, 6) is 2.29. The molecule has 0 aromatic carbocycles. The molecule has 1 aromatic heterocycles. The van der Waals surface area contributed by atoms with Crippen molar-refractivity contribution in [3.8, 4) is 0 Å². The third kappa shape index (κ3) is 1.24. The lowest BCUT2D eigenvalue weighted by molar-refractivity contribution is 0.354. The van der Waals surface area contributed by atoms with Crippen LogP contribution < -0.4 is 0 Å². The second kappa shape index (κ2) is 3.09. The molecule has 1 aromatic rings. The van der Waals surface area contributed by atoms with E-state index in [1.54, 1.807) is 0 Å². The molecule has 12 heavy (non-hydrogen) atoms. The number of nitrogens with zero attached hydrogens (tertiary/aromatic N) is 1. The van der Waals surface area contributed by atoms with Crippen LogP contribution in [0.3, 0.4) is 0 Å². The Bertz CT molecular complexity index is 269. The molecular formula is C9H12ClNO. The number of hydrogen-bond acceptors (Lipinski definition) is 2. The largest absolute Gasteiger partial charge is 0.361 e. The van der Waals surface area contributed by atoms with E-state index in [1.165, 1.54) is 12.0 Å². The first-order chi connectivity index (χ1) is 5.81. The third-order valence-corrected chi connectivity index (χ3v) is 2.75. The topological polar surface area (TPSA) is 26.0 Å². The van der Waals surface area contributed by atoms with Gasteiger partial charge in [-0.25, -0.2) is 0 Å². The van der Waals surface area contributed by atoms with E-state index in [4.69, 9.17) is 16.1 Å². The zero-order chi connectivity index (χ0) is 8.55. The molecule has 1 heterocycles. The fraction of sp³-hybridized carbons (Fsp3) is 0.667. The summed E-state index contributed by atoms with van der Waals surface area (Å²) in [5.41, 5.74) is 2.21. The minimum Gasteiger partial charge on any atom is -0.361 e. The van der Waals surface area contributed by atoms with Crippen LogP contribution in [0.4, 0.5) is 0 Å². The minimum absolute atomic E-state index is 0.478. The molecule has 0 aliphatic heterocycles. The summed E-state index contributed by atoms with van der Waals surface area (Å²) in [5, 5.41) is 3.94. The molecule has 0 saturated carbocycles. The van der Waals surface area contributed by atoms with Crippen LogP contribution in [0.25, 0.3) is 0 Å². The van der Waals surface area contributed by atoms with Gasteiger partial charge in [0.05, 0.1) is 5.88 Å². The number of aryl methyl sites for hydroxylation is 1. The average molecular weight is 186 g/mol. The maximum atomic E-state index is 5.73. The molecule has 1 atom stereocenters. The molecular weight excluding hydrogens is 174 g/mol. The summed E-state index contributed by atoms with van der Waals surface area (Å²) in [6, 6.07) is 0. The Morgan fingerprint density at radius 3 is 3.25 bits per heavy atom. The van der Waals surface area contributed by atoms with E-state index < -0.39 is 0 Å². The second-order valence-electron chi connectivity index (χ2n) is 3.51. The SMILES string of the molecule is CC1CCc2onc(CCl)c2C1. The van der Waals surface area contributed by atoms with Crippen molar-refractivity contribution in [2.24, 2.45) is 5.92 Å². The summed E-state index contributed by atoms with van der Waals surface area (Å²) in [6.07, 6.45) is 3.32. The Balaban J connectivity index is 2.34. The Morgan fingerprint density at radius 2 is 2.50 bits per heavy atom. The van der Waals surface area contributed by atoms with E-state index >= 15 is 0 Å². The number of halogens is 1. The Labute approximate surface area is 76.9 Å². The highest BCUT2D eigenvalue weighted by atomic mass is 35.5. The Hall–Kier alpha value is -0.500. The second-order valence-corrected chi connectivity index (χ2v) is 3.78. The lowest BCUT2D eigenvalue weighted by Gasteiger charge is -2.15. The van der Waals surface area contributed by atoms with Gasteiger partial charge in [0.2, 0.25) is 0 Å². The lowest BCUT2D eigenvalue weighted by atomic mass is 9.88. The number of rotatable bonds is 1. The van der Waals surface area contributed by atoms with Gasteiger partial charge in [-0.05, 0) is 18.8 Å². The van der Waals surface area contributed by atoms with E-state index in [0.29, 0.717) is 5.88 Å². The number of hydrogen-bond donors (Lipinski definition) is 0. The third-order valence-electron chi connectivity index (χ3n) is 2.49. The lowest BCUT2D eigenvalue weighted by Crippen LogP contribution is -2.10. The molecule has 66 valence electrons. The van der Waals surface area contributed by atoms with Gasteiger partial charge in [-0.3, -0.25) is 0 Å². The van der Waals surface area contributed by atoms with Gasteiger partial charge in [0.25, 0.3) is 0 Å². The quantitative estimate of drug-likeness (QED) is 0.629. The monoisotopic (exact) mass is 185 g/mol. The molecule has 3 heteroatoms. The molecule has 2 rings (SSSR count). The van der Waals surface area contributed by atoms with Gasteiger partial charge in [0.1, 0.15) is 11.5 Å². The summed E-state index contributed by atoms with van der Waals surface area (Å²) in [7, 11) is 0. The number of alkyl halides is 1. The van der Waals surface area contributed by atoms with E-state index in [0.717, 1.165) is 30.2 Å². The van der Waals surface area contributed by atoms with Crippen LogP contribution in [0.2, 0.25) is 0 Å². The Morgan fingerprint density at radius 1 is 1.67 bits per heavy atom. The van der Waals surface area contributed by atoms with Gasteiger partial charge in [0, 0.05) is 12.0 Å². The van der Waals surface area contributed by atoms with Crippen molar-refractivity contribution in [2.45, 2.75) is 32.1 Å². The van der Waals surface area contributed by atoms with Crippen LogP contribution in [0.15, 0.2) is 4.52 Å². The maximum Gasteiger partial charge on any atom is 0.140 e. The number of fused-ring (bicyclic) bond motifs is 1. The first kappa shape index (κ1) is 8.11. The highest BCUT2D eigenvalue weighted by molar-refractivity contribution is 6.17. The molecule has 0 N–H and O–H groups in total. The van der Waals surface area contributed by atoms with Crippen LogP contribution >= 0.6 is 11.6 Å². The standard InChI is InChI=1S/C9H12ClNO/c1-6-2-3-9-7(4-6)8(5-10)11-12-9/h6H,2-5H2,1H3. The smallest absolute Gasteiger partial charge is 0.140 e. The summed E-state index contributed by atoms with van der Waals surface area (Å²) < 4.78 is 5.19. The van der Waals surface area contributed by atoms with Crippen molar-refractivity contribution in [3.05, 3.63) is 17.0 Å². The molecule has 0 fully saturated rings. The molecule has 0 amide bonds. The van der Waals surface area contributed by atoms with Crippen LogP contribution in [0, 0.1) is 5.92 Å². The fourth-order valence-electron chi connectivity index (χ4n) is 1.74. The highest BCUT2D eigenvalue weighted by Gasteiger charge is 2.22. The van der Waals surface area contributed by atoms with Crippen molar-refractivity contribution >= 4 is 11.6 Å². The van der Waals surface area contributed by atoms with Crippen LogP contribution in [-0.4, -0.2) is 5.16 Å². The predicted molar refractivity (Wildman–Crippen MR) is 47.2 cm³/mol. The van der Waals surface area contributed by atoms with Crippen molar-refractivity contribution in [3.63, 3.8) is 0 Å². The maximum absolute atomic E-state index is 5.73. The zero-order valence-corrected chi connectivity index (χ0v) is 7.90. The van der Waals surface area contributed by atoms with Crippen LogP contribution in [0.1, 0.15) is 30.4 Å². The van der Waals surface area contributed by atoms with Gasteiger partial charge in [-0.15, -0.1) is 11.6 Å². The van der Waals surface area contributed by atoms with Crippen molar-refractivity contribution in [1.82, 2.24) is 5.16 Å². The Kier molecular flexibility index (Phi) is 2.09. The van der Waals surface area contributed by atoms with Gasteiger partial charge in [0.15, 0.2) is 0 Å². The molecule has 1 aliphatic rings. The van der Waals surface area contributed by atoms with Crippen LogP contribution in [-0.2, 0) is 18.7 Å². The normalized spacial score (nSPS) is 22.3. The predicted octanol–water partition coefficient (Wildman–Crippen LogP) is 2.54. The number of aromatic nitrogens is 1. The molecule has 1 unspecified atom stereocenters. The minimum atomic E-state index is 0.478. The molecule has 0 saturated heterocycles. The van der Waals surface area contributed by atoms with Gasteiger partial charge >= 0.3 is 0 Å².